The fourth-order valence-electron chi connectivity index (χ4n) is 2.64. The van der Waals surface area contributed by atoms with E-state index in [4.69, 9.17) is 21.1 Å². The van der Waals surface area contributed by atoms with Gasteiger partial charge in [0.05, 0.1) is 25.3 Å². The van der Waals surface area contributed by atoms with Crippen LogP contribution < -0.4 is 9.47 Å². The molecule has 5 heteroatoms. The van der Waals surface area contributed by atoms with E-state index in [1.807, 2.05) is 6.07 Å². The molecule has 0 N–H and O–H groups in total. The van der Waals surface area contributed by atoms with Gasteiger partial charge in [0.25, 0.3) is 0 Å². The molecule has 0 saturated carbocycles. The number of hydrogen-bond donors (Lipinski definition) is 0. The van der Waals surface area contributed by atoms with E-state index >= 15 is 0 Å². The summed E-state index contributed by atoms with van der Waals surface area (Å²) in [6, 6.07) is 5.69. The lowest BCUT2D eigenvalue weighted by atomic mass is 10.0. The lowest BCUT2D eigenvalue weighted by molar-refractivity contribution is 0.196. The van der Waals surface area contributed by atoms with Gasteiger partial charge in [0.15, 0.2) is 11.5 Å². The molecule has 108 valence electrons. The van der Waals surface area contributed by atoms with E-state index in [2.05, 4.69) is 11.0 Å². The highest BCUT2D eigenvalue weighted by Crippen LogP contribution is 2.41. The first-order valence-corrected chi connectivity index (χ1v) is 7.14. The van der Waals surface area contributed by atoms with E-state index in [9.17, 15) is 5.26 Å². The molecule has 1 aliphatic rings. The van der Waals surface area contributed by atoms with Gasteiger partial charge in [-0.2, -0.15) is 5.26 Å². The Bertz CT molecular complexity index is 507. The zero-order chi connectivity index (χ0) is 14.5. The van der Waals surface area contributed by atoms with E-state index in [1.54, 1.807) is 20.3 Å². The predicted molar refractivity (Wildman–Crippen MR) is 78.3 cm³/mol. The van der Waals surface area contributed by atoms with E-state index in [0.717, 1.165) is 31.5 Å². The van der Waals surface area contributed by atoms with Gasteiger partial charge >= 0.3 is 0 Å². The van der Waals surface area contributed by atoms with Crippen molar-refractivity contribution in [2.24, 2.45) is 0 Å². The summed E-state index contributed by atoms with van der Waals surface area (Å²) in [6.45, 7) is 1.87. The molecule has 0 radical (unpaired) electrons. The fraction of sp³-hybridized carbons (Fsp3) is 0.533. The highest BCUT2D eigenvalue weighted by molar-refractivity contribution is 6.33. The van der Waals surface area contributed by atoms with Crippen molar-refractivity contribution in [2.75, 3.05) is 27.3 Å². The summed E-state index contributed by atoms with van der Waals surface area (Å²) in [7, 11) is 3.12. The van der Waals surface area contributed by atoms with Crippen LogP contribution in [0.5, 0.6) is 11.5 Å². The standard InChI is InChI=1S/C15H19ClN2O2/c1-19-13-7-6-11(14(16)15(13)20-2)12(10-17)18-8-4-3-5-9-18/h6-7,12H,3-5,8-9H2,1-2H3. The van der Waals surface area contributed by atoms with E-state index in [0.29, 0.717) is 16.5 Å². The molecular formula is C15H19ClN2O2. The number of benzene rings is 1. The third-order valence-corrected chi connectivity index (χ3v) is 4.08. The molecule has 0 amide bonds. The first-order chi connectivity index (χ1) is 9.72. The van der Waals surface area contributed by atoms with Crippen molar-refractivity contribution in [2.45, 2.75) is 25.3 Å². The third kappa shape index (κ3) is 2.84. The number of rotatable bonds is 4. The van der Waals surface area contributed by atoms with Crippen LogP contribution in [0, 0.1) is 11.3 Å². The monoisotopic (exact) mass is 294 g/mol. The maximum absolute atomic E-state index is 9.52. The molecule has 1 fully saturated rings. The normalized spacial score (nSPS) is 17.3. The topological polar surface area (TPSA) is 45.5 Å². The number of ether oxygens (including phenoxy) is 2. The van der Waals surface area contributed by atoms with Crippen molar-refractivity contribution in [3.05, 3.63) is 22.7 Å². The number of likely N-dealkylation sites (tertiary alicyclic amines) is 1. The number of piperidine rings is 1. The summed E-state index contributed by atoms with van der Waals surface area (Å²) in [5, 5.41) is 9.99. The van der Waals surface area contributed by atoms with Gasteiger partial charge in [-0.15, -0.1) is 0 Å². The Hall–Kier alpha value is -1.44. The molecule has 1 heterocycles. The van der Waals surface area contributed by atoms with Crippen LogP contribution in [0.3, 0.4) is 0 Å². The predicted octanol–water partition coefficient (Wildman–Crippen LogP) is 3.41. The average molecular weight is 295 g/mol. The molecule has 1 atom stereocenters. The summed E-state index contributed by atoms with van der Waals surface area (Å²) in [6.07, 6.45) is 3.49. The average Bonchev–Trinajstić information content (AvgIpc) is 2.50. The van der Waals surface area contributed by atoms with Crippen LogP contribution in [0.25, 0.3) is 0 Å². The molecule has 1 aromatic carbocycles. The largest absolute Gasteiger partial charge is 0.493 e. The SMILES string of the molecule is COc1ccc(C(C#N)N2CCCCC2)c(Cl)c1OC. The fourth-order valence-corrected chi connectivity index (χ4v) is 2.98. The quantitative estimate of drug-likeness (QED) is 0.854. The van der Waals surface area contributed by atoms with Gasteiger partial charge in [0, 0.05) is 5.56 Å². The Labute approximate surface area is 124 Å². The smallest absolute Gasteiger partial charge is 0.179 e. The van der Waals surface area contributed by atoms with Crippen LogP contribution in [-0.4, -0.2) is 32.2 Å². The molecule has 0 aromatic heterocycles. The van der Waals surface area contributed by atoms with Gasteiger partial charge < -0.3 is 9.47 Å². The molecule has 0 spiro atoms. The Balaban J connectivity index is 2.37. The summed E-state index contributed by atoms with van der Waals surface area (Å²) in [5.74, 6) is 1.07. The van der Waals surface area contributed by atoms with Crippen molar-refractivity contribution in [1.29, 1.82) is 5.26 Å². The summed E-state index contributed by atoms with van der Waals surface area (Å²) >= 11 is 6.40. The molecule has 1 aromatic rings. The highest BCUT2D eigenvalue weighted by Gasteiger charge is 2.26. The molecule has 20 heavy (non-hydrogen) atoms. The van der Waals surface area contributed by atoms with Gasteiger partial charge in [-0.25, -0.2) is 0 Å². The summed E-state index contributed by atoms with van der Waals surface area (Å²) < 4.78 is 10.5. The minimum atomic E-state index is -0.331. The zero-order valence-corrected chi connectivity index (χ0v) is 12.6. The van der Waals surface area contributed by atoms with Crippen molar-refractivity contribution in [3.63, 3.8) is 0 Å². The number of nitrogens with zero attached hydrogens (tertiary/aromatic N) is 2. The summed E-state index contributed by atoms with van der Waals surface area (Å²) in [5.41, 5.74) is 0.786. The minimum absolute atomic E-state index is 0.331. The van der Waals surface area contributed by atoms with Crippen LogP contribution in [0.15, 0.2) is 12.1 Å². The molecule has 2 rings (SSSR count). The van der Waals surface area contributed by atoms with E-state index in [-0.39, 0.29) is 6.04 Å². The Morgan fingerprint density at radius 3 is 2.45 bits per heavy atom. The Morgan fingerprint density at radius 1 is 1.20 bits per heavy atom. The first kappa shape index (κ1) is 15.0. The lowest BCUT2D eigenvalue weighted by Gasteiger charge is -2.31. The highest BCUT2D eigenvalue weighted by atomic mass is 35.5. The second-order valence-electron chi connectivity index (χ2n) is 4.83. The third-order valence-electron chi connectivity index (χ3n) is 3.69. The van der Waals surface area contributed by atoms with Crippen molar-refractivity contribution >= 4 is 11.6 Å². The Morgan fingerprint density at radius 2 is 1.90 bits per heavy atom. The van der Waals surface area contributed by atoms with E-state index in [1.165, 1.54) is 6.42 Å². The van der Waals surface area contributed by atoms with Gasteiger partial charge in [-0.1, -0.05) is 24.1 Å². The number of nitriles is 1. The lowest BCUT2D eigenvalue weighted by Crippen LogP contribution is -2.33. The van der Waals surface area contributed by atoms with Gasteiger partial charge in [0.2, 0.25) is 0 Å². The minimum Gasteiger partial charge on any atom is -0.493 e. The van der Waals surface area contributed by atoms with Crippen LogP contribution >= 0.6 is 11.6 Å². The summed E-state index contributed by atoms with van der Waals surface area (Å²) in [4.78, 5) is 2.18. The Kier molecular flexibility index (Phi) is 5.11. The maximum Gasteiger partial charge on any atom is 0.179 e. The molecule has 1 unspecified atom stereocenters. The maximum atomic E-state index is 9.52. The second kappa shape index (κ2) is 6.83. The molecule has 0 bridgehead atoms. The number of hydrogen-bond acceptors (Lipinski definition) is 4. The molecule has 4 nitrogen and oxygen atoms in total. The molecule has 1 saturated heterocycles. The van der Waals surface area contributed by atoms with E-state index < -0.39 is 0 Å². The van der Waals surface area contributed by atoms with Crippen LogP contribution in [-0.2, 0) is 0 Å². The number of halogens is 1. The van der Waals surface area contributed by atoms with Crippen molar-refractivity contribution < 1.29 is 9.47 Å². The van der Waals surface area contributed by atoms with Crippen LogP contribution in [0.2, 0.25) is 5.02 Å². The second-order valence-corrected chi connectivity index (χ2v) is 5.21. The molecule has 0 aliphatic carbocycles. The zero-order valence-electron chi connectivity index (χ0n) is 11.9. The molecule has 1 aliphatic heterocycles. The van der Waals surface area contributed by atoms with Crippen molar-refractivity contribution in [1.82, 2.24) is 4.90 Å². The first-order valence-electron chi connectivity index (χ1n) is 6.77. The van der Waals surface area contributed by atoms with Gasteiger partial charge in [-0.05, 0) is 32.0 Å². The van der Waals surface area contributed by atoms with Gasteiger partial charge in [0.1, 0.15) is 6.04 Å². The number of methoxy groups -OCH3 is 2. The van der Waals surface area contributed by atoms with Crippen LogP contribution in [0.1, 0.15) is 30.9 Å². The van der Waals surface area contributed by atoms with Crippen LogP contribution in [0.4, 0.5) is 0 Å². The molecular weight excluding hydrogens is 276 g/mol. The van der Waals surface area contributed by atoms with Gasteiger partial charge in [-0.3, -0.25) is 4.90 Å². The van der Waals surface area contributed by atoms with Crippen molar-refractivity contribution in [3.8, 4) is 17.6 Å².